The highest BCUT2D eigenvalue weighted by atomic mass is 35.5. The van der Waals surface area contributed by atoms with Gasteiger partial charge in [-0.15, -0.1) is 0 Å². The van der Waals surface area contributed by atoms with Crippen LogP contribution >= 0.6 is 11.6 Å². The molecule has 0 bridgehead atoms. The molecule has 0 heterocycles. The number of ether oxygens (including phenoxy) is 1. The van der Waals surface area contributed by atoms with Crippen LogP contribution in [0, 0.1) is 17.7 Å². The molecule has 1 aromatic carbocycles. The van der Waals surface area contributed by atoms with Crippen LogP contribution in [0.2, 0.25) is 5.02 Å². The van der Waals surface area contributed by atoms with E-state index in [-0.39, 0.29) is 17.0 Å². The zero-order valence-electron chi connectivity index (χ0n) is 8.72. The second-order valence-corrected chi connectivity index (χ2v) is 3.29. The minimum atomic E-state index is -0.496. The Kier molecular flexibility index (Phi) is 4.81. The van der Waals surface area contributed by atoms with Crippen LogP contribution in [-0.4, -0.2) is 12.6 Å². The van der Waals surface area contributed by atoms with Crippen molar-refractivity contribution in [2.75, 3.05) is 6.61 Å². The van der Waals surface area contributed by atoms with Gasteiger partial charge in [-0.25, -0.2) is 4.39 Å². The summed E-state index contributed by atoms with van der Waals surface area (Å²) in [6.45, 7) is 2.01. The first kappa shape index (κ1) is 12.5. The molecule has 0 N–H and O–H groups in total. The van der Waals surface area contributed by atoms with Gasteiger partial charge in [0.1, 0.15) is 12.2 Å². The number of carbonyl (C=O) groups excluding carboxylic acids is 1. The lowest BCUT2D eigenvalue weighted by Crippen LogP contribution is -2.01. The predicted molar refractivity (Wildman–Crippen MR) is 59.5 cm³/mol. The van der Waals surface area contributed by atoms with E-state index in [0.29, 0.717) is 6.61 Å². The first-order valence-electron chi connectivity index (χ1n) is 4.73. The molecule has 0 radical (unpaired) electrons. The summed E-state index contributed by atoms with van der Waals surface area (Å²) in [4.78, 5) is 11.0. The fourth-order valence-electron chi connectivity index (χ4n) is 1.03. The number of esters is 1. The van der Waals surface area contributed by atoms with E-state index in [1.54, 1.807) is 13.0 Å². The molecule has 0 unspecified atom stereocenters. The van der Waals surface area contributed by atoms with E-state index >= 15 is 0 Å². The van der Waals surface area contributed by atoms with Crippen LogP contribution in [0.5, 0.6) is 0 Å². The third-order valence-electron chi connectivity index (χ3n) is 1.71. The van der Waals surface area contributed by atoms with Crippen molar-refractivity contribution >= 4 is 17.6 Å². The molecule has 0 aromatic heterocycles. The van der Waals surface area contributed by atoms with Crippen LogP contribution < -0.4 is 0 Å². The SMILES string of the molecule is CCOC(=O)CC#Cc1c(F)cccc1Cl. The van der Waals surface area contributed by atoms with E-state index in [4.69, 9.17) is 11.6 Å². The average Bonchev–Trinajstić information content (AvgIpc) is 2.23. The van der Waals surface area contributed by atoms with Gasteiger partial charge in [-0.3, -0.25) is 4.79 Å². The summed E-state index contributed by atoms with van der Waals surface area (Å²) in [5.74, 6) is 4.11. The van der Waals surface area contributed by atoms with Crippen molar-refractivity contribution in [3.63, 3.8) is 0 Å². The first-order chi connectivity index (χ1) is 7.65. The predicted octanol–water partition coefficient (Wildman–Crippen LogP) is 2.78. The van der Waals surface area contributed by atoms with Gasteiger partial charge in [0.2, 0.25) is 0 Å². The van der Waals surface area contributed by atoms with E-state index in [0.717, 1.165) is 0 Å². The van der Waals surface area contributed by atoms with E-state index in [1.165, 1.54) is 12.1 Å². The van der Waals surface area contributed by atoms with Gasteiger partial charge in [0.25, 0.3) is 0 Å². The molecular weight excluding hydrogens is 231 g/mol. The molecule has 0 saturated carbocycles. The van der Waals surface area contributed by atoms with E-state index in [9.17, 15) is 9.18 Å². The lowest BCUT2D eigenvalue weighted by Gasteiger charge is -1.97. The van der Waals surface area contributed by atoms with Crippen LogP contribution in [0.25, 0.3) is 0 Å². The van der Waals surface area contributed by atoms with Crippen molar-refractivity contribution in [1.29, 1.82) is 0 Å². The molecule has 0 spiro atoms. The van der Waals surface area contributed by atoms with Gasteiger partial charge >= 0.3 is 5.97 Å². The minimum Gasteiger partial charge on any atom is -0.465 e. The van der Waals surface area contributed by atoms with Gasteiger partial charge in [-0.1, -0.05) is 29.5 Å². The smallest absolute Gasteiger partial charge is 0.317 e. The summed E-state index contributed by atoms with van der Waals surface area (Å²) >= 11 is 5.75. The fraction of sp³-hybridized carbons (Fsp3) is 0.250. The van der Waals surface area contributed by atoms with E-state index < -0.39 is 11.8 Å². The summed E-state index contributed by atoms with van der Waals surface area (Å²) in [6.07, 6.45) is -0.0709. The molecule has 2 nitrogen and oxygen atoms in total. The van der Waals surface area contributed by atoms with Crippen molar-refractivity contribution in [3.05, 3.63) is 34.6 Å². The topological polar surface area (TPSA) is 26.3 Å². The standard InChI is InChI=1S/C12H10ClFO2/c1-2-16-12(15)8-3-5-9-10(13)6-4-7-11(9)14/h4,6-7H,2,8H2,1H3. The van der Waals surface area contributed by atoms with E-state index in [1.807, 2.05) is 0 Å². The van der Waals surface area contributed by atoms with Crippen molar-refractivity contribution in [3.8, 4) is 11.8 Å². The number of benzene rings is 1. The maximum Gasteiger partial charge on any atom is 0.317 e. The Morgan fingerprint density at radius 1 is 1.56 bits per heavy atom. The summed E-state index contributed by atoms with van der Waals surface area (Å²) < 4.78 is 17.9. The maximum atomic E-state index is 13.2. The molecule has 0 atom stereocenters. The molecule has 0 aliphatic heterocycles. The van der Waals surface area contributed by atoms with Gasteiger partial charge in [0, 0.05) is 0 Å². The molecule has 0 aliphatic carbocycles. The Labute approximate surface area is 98.4 Å². The molecule has 4 heteroatoms. The highest BCUT2D eigenvalue weighted by Gasteiger charge is 2.03. The molecule has 0 fully saturated rings. The van der Waals surface area contributed by atoms with Crippen LogP contribution in [0.4, 0.5) is 4.39 Å². The van der Waals surface area contributed by atoms with Crippen molar-refractivity contribution in [1.82, 2.24) is 0 Å². The Hall–Kier alpha value is -1.53. The van der Waals surface area contributed by atoms with Crippen molar-refractivity contribution in [2.45, 2.75) is 13.3 Å². The number of halogens is 2. The summed E-state index contributed by atoms with van der Waals surface area (Å²) in [7, 11) is 0. The maximum absolute atomic E-state index is 13.2. The van der Waals surface area contributed by atoms with Gasteiger partial charge in [0.05, 0.1) is 17.2 Å². The van der Waals surface area contributed by atoms with Gasteiger partial charge < -0.3 is 4.74 Å². The van der Waals surface area contributed by atoms with Crippen molar-refractivity contribution in [2.24, 2.45) is 0 Å². The Balaban J connectivity index is 2.74. The van der Waals surface area contributed by atoms with Gasteiger partial charge in [0.15, 0.2) is 0 Å². The average molecular weight is 241 g/mol. The summed E-state index contributed by atoms with van der Waals surface area (Å²) in [5.41, 5.74) is 0.105. The molecule has 16 heavy (non-hydrogen) atoms. The second kappa shape index (κ2) is 6.14. The zero-order valence-corrected chi connectivity index (χ0v) is 9.47. The Bertz CT molecular complexity index is 426. The zero-order chi connectivity index (χ0) is 12.0. The normalized spacial score (nSPS) is 9.19. The molecule has 1 aromatic rings. The van der Waals surface area contributed by atoms with Gasteiger partial charge in [-0.2, -0.15) is 0 Å². The fourth-order valence-corrected chi connectivity index (χ4v) is 1.24. The number of rotatable bonds is 2. The highest BCUT2D eigenvalue weighted by Crippen LogP contribution is 2.17. The number of hydrogen-bond acceptors (Lipinski definition) is 2. The quantitative estimate of drug-likeness (QED) is 0.587. The van der Waals surface area contributed by atoms with E-state index in [2.05, 4.69) is 16.6 Å². The first-order valence-corrected chi connectivity index (χ1v) is 5.11. The van der Waals surface area contributed by atoms with Crippen LogP contribution in [0.15, 0.2) is 18.2 Å². The minimum absolute atomic E-state index is 0.0709. The molecule has 0 amide bonds. The Morgan fingerprint density at radius 2 is 2.31 bits per heavy atom. The number of carbonyl (C=O) groups is 1. The lowest BCUT2D eigenvalue weighted by molar-refractivity contribution is -0.141. The largest absolute Gasteiger partial charge is 0.465 e. The second-order valence-electron chi connectivity index (χ2n) is 2.88. The van der Waals surface area contributed by atoms with Crippen molar-refractivity contribution < 1.29 is 13.9 Å². The van der Waals surface area contributed by atoms with Crippen LogP contribution in [0.3, 0.4) is 0 Å². The third kappa shape index (κ3) is 3.56. The molecule has 0 saturated heterocycles. The monoisotopic (exact) mass is 240 g/mol. The molecule has 1 rings (SSSR count). The van der Waals surface area contributed by atoms with Crippen LogP contribution in [0.1, 0.15) is 18.9 Å². The third-order valence-corrected chi connectivity index (χ3v) is 2.03. The molecular formula is C12H10ClFO2. The highest BCUT2D eigenvalue weighted by molar-refractivity contribution is 6.31. The molecule has 84 valence electrons. The van der Waals surface area contributed by atoms with Crippen LogP contribution in [-0.2, 0) is 9.53 Å². The summed E-state index contributed by atoms with van der Waals surface area (Å²) in [6, 6.07) is 4.30. The lowest BCUT2D eigenvalue weighted by atomic mass is 10.2. The van der Waals surface area contributed by atoms with Gasteiger partial charge in [-0.05, 0) is 19.1 Å². The summed E-state index contributed by atoms with van der Waals surface area (Å²) in [5, 5.41) is 0.233. The Morgan fingerprint density at radius 3 is 2.94 bits per heavy atom. The number of hydrogen-bond donors (Lipinski definition) is 0. The molecule has 0 aliphatic rings.